The Morgan fingerprint density at radius 1 is 0.808 bits per heavy atom. The van der Waals surface area contributed by atoms with Gasteiger partial charge >= 0.3 is 6.18 Å². The first kappa shape index (κ1) is 27.3. The largest absolute Gasteiger partial charge is 0.507 e. The van der Waals surface area contributed by atoms with Crippen molar-refractivity contribution in [3.8, 4) is 5.75 Å². The molecule has 0 heterocycles. The van der Waals surface area contributed by atoms with E-state index in [1.165, 1.54) is 0 Å². The summed E-state index contributed by atoms with van der Waals surface area (Å²) in [4.78, 5) is 0. The Labute approximate surface area is 179 Å². The van der Waals surface area contributed by atoms with Crippen LogP contribution in [-0.2, 0) is 44.3 Å². The van der Waals surface area contributed by atoms with Gasteiger partial charge in [-0.05, 0) is 48.2 Å². The molecule has 0 saturated heterocycles. The molecule has 0 amide bonds. The van der Waals surface area contributed by atoms with E-state index >= 15 is 0 Å². The van der Waals surface area contributed by atoms with Crippen LogP contribution >= 0.6 is 0 Å². The Morgan fingerprint density at radius 3 is 1.73 bits per heavy atom. The number of phenols is 1. The maximum Gasteiger partial charge on any atom is 0.419 e. The molecule has 26 heavy (non-hydrogen) atoms. The van der Waals surface area contributed by atoms with Crippen LogP contribution in [0.3, 0.4) is 0 Å². The van der Waals surface area contributed by atoms with Crippen LogP contribution in [0.25, 0.3) is 0 Å². The third kappa shape index (κ3) is 6.07. The summed E-state index contributed by atoms with van der Waals surface area (Å²) in [5, 5.41) is 16.5. The number of alkyl halides is 3. The number of halogens is 3. The molecule has 0 aliphatic carbocycles. The average molecular weight is 444 g/mol. The maximum absolute atomic E-state index is 13.0. The molecular formula is C20H26F3O2Y-. The van der Waals surface area contributed by atoms with E-state index in [-0.39, 0.29) is 40.1 Å². The van der Waals surface area contributed by atoms with Crippen molar-refractivity contribution in [1.29, 1.82) is 0 Å². The summed E-state index contributed by atoms with van der Waals surface area (Å²) in [5.41, 5.74) is 2.10. The number of rotatable bonds is 2. The Bertz CT molecular complexity index is 711. The van der Waals surface area contributed by atoms with Crippen molar-refractivity contribution in [2.24, 2.45) is 0 Å². The van der Waals surface area contributed by atoms with Gasteiger partial charge in [0.1, 0.15) is 5.75 Å². The smallest absolute Gasteiger partial charge is 0.419 e. The summed E-state index contributed by atoms with van der Waals surface area (Å²) >= 11 is 0. The van der Waals surface area contributed by atoms with E-state index < -0.39 is 22.9 Å². The topological polar surface area (TPSA) is 40.5 Å². The normalized spacial score (nSPS) is 10.8. The predicted molar refractivity (Wildman–Crippen MR) is 95.7 cm³/mol. The van der Waals surface area contributed by atoms with Gasteiger partial charge in [0.25, 0.3) is 0 Å². The average Bonchev–Trinajstić information content (AvgIpc) is 2.51. The quantitative estimate of drug-likeness (QED) is 0.609. The molecule has 6 heteroatoms. The predicted octanol–water partition coefficient (Wildman–Crippen LogP) is 5.41. The summed E-state index contributed by atoms with van der Waals surface area (Å²) in [5.74, 6) is -0.743. The van der Waals surface area contributed by atoms with Gasteiger partial charge in [-0.15, -0.1) is 0 Å². The van der Waals surface area contributed by atoms with E-state index in [4.69, 9.17) is 5.11 Å². The zero-order chi connectivity index (χ0) is 18.7. The van der Waals surface area contributed by atoms with Crippen LogP contribution in [0.2, 0.25) is 0 Å². The molecule has 0 spiro atoms. The van der Waals surface area contributed by atoms with E-state index in [0.717, 1.165) is 35.9 Å². The van der Waals surface area contributed by atoms with E-state index in [2.05, 4.69) is 0 Å². The number of aliphatic hydroxyl groups is 1. The third-order valence-electron chi connectivity index (χ3n) is 4.25. The van der Waals surface area contributed by atoms with Gasteiger partial charge in [0.2, 0.25) is 0 Å². The van der Waals surface area contributed by atoms with Crippen LogP contribution in [0.1, 0.15) is 41.7 Å². The minimum Gasteiger partial charge on any atom is -0.507 e. The molecule has 2 rings (SSSR count). The number of benzene rings is 2. The van der Waals surface area contributed by atoms with Crippen molar-refractivity contribution in [2.45, 2.75) is 39.3 Å². The van der Waals surface area contributed by atoms with E-state index in [1.54, 1.807) is 6.07 Å². The van der Waals surface area contributed by atoms with Gasteiger partial charge in [-0.2, -0.15) is 13.2 Å². The second-order valence-electron chi connectivity index (χ2n) is 6.15. The third-order valence-corrected chi connectivity index (χ3v) is 4.25. The molecule has 0 aromatic heterocycles. The van der Waals surface area contributed by atoms with Gasteiger partial charge in [0.05, 0.1) is 5.56 Å². The van der Waals surface area contributed by atoms with Crippen molar-refractivity contribution < 1.29 is 56.1 Å². The molecule has 0 unspecified atom stereocenters. The molecular weight excluding hydrogens is 418 g/mol. The van der Waals surface area contributed by atoms with Gasteiger partial charge < -0.3 is 17.6 Å². The van der Waals surface area contributed by atoms with Crippen LogP contribution in [0.15, 0.2) is 36.4 Å². The molecule has 0 aliphatic rings. The van der Waals surface area contributed by atoms with Crippen molar-refractivity contribution in [1.82, 2.24) is 0 Å². The molecule has 0 bridgehead atoms. The molecule has 2 aromatic carbocycles. The summed E-state index contributed by atoms with van der Waals surface area (Å²) in [6, 6.07) is 9.58. The minimum atomic E-state index is -4.57. The van der Waals surface area contributed by atoms with Gasteiger partial charge in [-0.1, -0.05) is 38.1 Å². The Morgan fingerprint density at radius 2 is 1.27 bits per heavy atom. The van der Waals surface area contributed by atoms with Crippen molar-refractivity contribution >= 4 is 0 Å². The fourth-order valence-electron chi connectivity index (χ4n) is 2.45. The molecule has 143 valence electrons. The first-order chi connectivity index (χ1) is 11.0. The first-order valence-electron chi connectivity index (χ1n) is 7.46. The molecule has 2 nitrogen and oxygen atoms in total. The van der Waals surface area contributed by atoms with Crippen LogP contribution < -0.4 is 0 Å². The van der Waals surface area contributed by atoms with Crippen molar-refractivity contribution in [2.75, 3.05) is 7.11 Å². The van der Waals surface area contributed by atoms with Crippen molar-refractivity contribution in [3.63, 3.8) is 0 Å². The fourth-order valence-corrected chi connectivity index (χ4v) is 2.45. The fraction of sp³-hybridized carbons (Fsp3) is 0.350. The van der Waals surface area contributed by atoms with Gasteiger partial charge in [-0.3, -0.25) is 0 Å². The molecule has 0 aliphatic heterocycles. The second-order valence-corrected chi connectivity index (χ2v) is 6.15. The first-order valence-corrected chi connectivity index (χ1v) is 7.46. The number of hydrogen-bond donors (Lipinski definition) is 2. The Hall–Kier alpha value is -0.906. The number of phenolic OH excluding ortho intramolecular Hbond substituents is 1. The standard InChI is InChI=1S/C18H19F3O.CH4O.CH3.Y/c1-11-5-6-13(9-12(11)2)17(3,4)14-7-8-16(22)15(10-14)18(19,20)21;1-2;;/h5-10,22H,1-4H3;2H,1H3;1H3;/q;;-1;. The molecule has 1 radical (unpaired) electrons. The SMILES string of the molecule is CO.Cc1ccc(C(C)(C)c2ccc(O)c(C(F)(F)F)c2)cc1C.[CH3-].[Y]. The van der Waals surface area contributed by atoms with Crippen LogP contribution in [0.4, 0.5) is 13.2 Å². The van der Waals surface area contributed by atoms with Crippen LogP contribution in [0.5, 0.6) is 5.75 Å². The van der Waals surface area contributed by atoms with Gasteiger partial charge in [0, 0.05) is 45.2 Å². The van der Waals surface area contributed by atoms with Crippen LogP contribution in [0, 0.1) is 21.3 Å². The van der Waals surface area contributed by atoms with Crippen molar-refractivity contribution in [3.05, 3.63) is 71.6 Å². The zero-order valence-electron chi connectivity index (χ0n) is 16.1. The molecule has 0 atom stereocenters. The Balaban J connectivity index is 0. The van der Waals surface area contributed by atoms with Crippen LogP contribution in [-0.4, -0.2) is 17.3 Å². The molecule has 2 N–H and O–H groups in total. The minimum absolute atomic E-state index is 0. The summed E-state index contributed by atoms with van der Waals surface area (Å²) < 4.78 is 38.9. The number of aromatic hydroxyl groups is 1. The van der Waals surface area contributed by atoms with Gasteiger partial charge in [0.15, 0.2) is 0 Å². The van der Waals surface area contributed by atoms with Gasteiger partial charge in [-0.25, -0.2) is 0 Å². The van der Waals surface area contributed by atoms with E-state index in [1.807, 2.05) is 45.9 Å². The summed E-state index contributed by atoms with van der Waals surface area (Å²) in [7, 11) is 1.00. The molecule has 2 aromatic rings. The summed E-state index contributed by atoms with van der Waals surface area (Å²) in [6.45, 7) is 7.73. The second kappa shape index (κ2) is 10.4. The van der Waals surface area contributed by atoms with E-state index in [9.17, 15) is 18.3 Å². The molecule has 0 fully saturated rings. The molecule has 0 saturated carbocycles. The monoisotopic (exact) mass is 444 g/mol. The zero-order valence-corrected chi connectivity index (χ0v) is 18.9. The number of aryl methyl sites for hydroxylation is 2. The van der Waals surface area contributed by atoms with E-state index in [0.29, 0.717) is 5.56 Å². The maximum atomic E-state index is 13.0. The number of hydrogen-bond acceptors (Lipinski definition) is 2. The summed E-state index contributed by atoms with van der Waals surface area (Å²) in [6.07, 6.45) is -4.57. The Kier molecular flexibility index (Phi) is 11.0. The number of aliphatic hydroxyl groups excluding tert-OH is 1.